The first kappa shape index (κ1) is 18.5. The number of hydrogen-bond donors (Lipinski definition) is 5. The van der Waals surface area contributed by atoms with Crippen LogP contribution in [-0.4, -0.2) is 98.4 Å². The predicted octanol–water partition coefficient (Wildman–Crippen LogP) is -2.83. The molecule has 4 aliphatic rings. The van der Waals surface area contributed by atoms with E-state index < -0.39 is 67.2 Å². The highest BCUT2D eigenvalue weighted by Crippen LogP contribution is 2.43. The van der Waals surface area contributed by atoms with Crippen LogP contribution in [0.3, 0.4) is 0 Å². The van der Waals surface area contributed by atoms with E-state index in [4.69, 9.17) is 23.8 Å². The summed E-state index contributed by atoms with van der Waals surface area (Å²) in [6, 6.07) is 0. The van der Waals surface area contributed by atoms with Crippen molar-refractivity contribution >= 4 is 5.71 Å². The molecule has 0 aromatic carbocycles. The molecule has 0 saturated carbocycles. The van der Waals surface area contributed by atoms with Crippen LogP contribution in [0.15, 0.2) is 5.16 Å². The first-order valence-corrected chi connectivity index (χ1v) is 8.44. The minimum atomic E-state index is -1.78. The second-order valence-corrected chi connectivity index (χ2v) is 7.44. The summed E-state index contributed by atoms with van der Waals surface area (Å²) in [6.45, 7) is 2.84. The molecule has 26 heavy (non-hydrogen) atoms. The maximum absolute atomic E-state index is 10.3. The van der Waals surface area contributed by atoms with Crippen LogP contribution in [0.25, 0.3) is 0 Å². The smallest absolute Gasteiger partial charge is 0.271 e. The molecule has 0 amide bonds. The lowest BCUT2D eigenvalue weighted by atomic mass is 9.88. The number of ether oxygens (including phenoxy) is 4. The zero-order chi connectivity index (χ0) is 18.9. The summed E-state index contributed by atoms with van der Waals surface area (Å²) in [7, 11) is 0. The minimum Gasteiger partial charge on any atom is -0.394 e. The summed E-state index contributed by atoms with van der Waals surface area (Å²) in [5.41, 5.74) is 0.289. The number of rotatable bonds is 2. The zero-order valence-electron chi connectivity index (χ0n) is 14.3. The average molecular weight is 377 g/mol. The van der Waals surface area contributed by atoms with Gasteiger partial charge in [-0.05, 0) is 13.8 Å². The van der Waals surface area contributed by atoms with E-state index in [2.05, 4.69) is 5.16 Å². The van der Waals surface area contributed by atoms with Gasteiger partial charge in [-0.15, -0.1) is 0 Å². The molecule has 4 aliphatic heterocycles. The standard InChI is InChI=1S/C15H23NO10/c1-14(2)24-10-9(22-13(21)11(10)25-14)5-3-15(26-16-5)12(20)8(19)7(18)6(4-17)23-15/h6-13,17-21H,3-4H2,1-2H3/t6-,7+,8+,9+,10+,11+,12-,13-,15-/m1/s1. The maximum Gasteiger partial charge on any atom is 0.271 e. The van der Waals surface area contributed by atoms with Gasteiger partial charge < -0.3 is 49.3 Å². The highest BCUT2D eigenvalue weighted by atomic mass is 16.8. The van der Waals surface area contributed by atoms with E-state index in [0.717, 1.165) is 0 Å². The van der Waals surface area contributed by atoms with Crippen molar-refractivity contribution in [3.8, 4) is 0 Å². The quantitative estimate of drug-likeness (QED) is 0.339. The Morgan fingerprint density at radius 3 is 2.42 bits per heavy atom. The molecule has 3 saturated heterocycles. The molecule has 0 radical (unpaired) electrons. The van der Waals surface area contributed by atoms with Crippen molar-refractivity contribution in [2.24, 2.45) is 5.16 Å². The first-order valence-electron chi connectivity index (χ1n) is 8.44. The van der Waals surface area contributed by atoms with Gasteiger partial charge in [0.05, 0.1) is 18.7 Å². The molecule has 3 fully saturated rings. The summed E-state index contributed by atoms with van der Waals surface area (Å²) < 4.78 is 22.4. The number of aliphatic hydroxyl groups excluding tert-OH is 5. The van der Waals surface area contributed by atoms with Crippen molar-refractivity contribution < 1.29 is 49.3 Å². The van der Waals surface area contributed by atoms with Crippen molar-refractivity contribution in [2.45, 2.75) is 80.9 Å². The van der Waals surface area contributed by atoms with Gasteiger partial charge in [0.2, 0.25) is 0 Å². The molecule has 0 aromatic heterocycles. The van der Waals surface area contributed by atoms with Gasteiger partial charge in [0.25, 0.3) is 5.79 Å². The number of hydrogen-bond acceptors (Lipinski definition) is 11. The van der Waals surface area contributed by atoms with Gasteiger partial charge in [0.15, 0.2) is 18.2 Å². The lowest BCUT2D eigenvalue weighted by Gasteiger charge is -2.44. The van der Waals surface area contributed by atoms with E-state index in [0.29, 0.717) is 0 Å². The van der Waals surface area contributed by atoms with E-state index in [-0.39, 0.29) is 12.1 Å². The van der Waals surface area contributed by atoms with E-state index in [1.54, 1.807) is 13.8 Å². The first-order chi connectivity index (χ1) is 12.2. The predicted molar refractivity (Wildman–Crippen MR) is 80.6 cm³/mol. The Hall–Kier alpha value is -0.890. The van der Waals surface area contributed by atoms with Crippen molar-refractivity contribution in [1.29, 1.82) is 0 Å². The zero-order valence-corrected chi connectivity index (χ0v) is 14.3. The molecular weight excluding hydrogens is 354 g/mol. The SMILES string of the molecule is CC1(C)O[C@@H]2[C@H](O1)[C@H](O)O[C@H]2C1=NO[C@@]2(C1)O[C@H](CO)[C@H](O)[C@H](O)[C@H]2O. The van der Waals surface area contributed by atoms with Crippen molar-refractivity contribution in [1.82, 2.24) is 0 Å². The molecule has 11 heteroatoms. The summed E-state index contributed by atoms with van der Waals surface area (Å²) in [6.07, 6.45) is -9.32. The molecule has 0 bridgehead atoms. The lowest BCUT2D eigenvalue weighted by molar-refractivity contribution is -0.355. The third-order valence-corrected chi connectivity index (χ3v) is 5.14. The molecule has 9 atom stereocenters. The summed E-state index contributed by atoms with van der Waals surface area (Å²) in [5.74, 6) is -2.68. The van der Waals surface area contributed by atoms with Crippen LogP contribution in [0.2, 0.25) is 0 Å². The summed E-state index contributed by atoms with van der Waals surface area (Å²) in [5, 5.41) is 53.5. The van der Waals surface area contributed by atoms with Gasteiger partial charge in [0, 0.05) is 0 Å². The normalized spacial score (nSPS) is 52.8. The molecule has 0 aliphatic carbocycles. The Morgan fingerprint density at radius 2 is 1.73 bits per heavy atom. The molecule has 1 spiro atoms. The fourth-order valence-corrected chi connectivity index (χ4v) is 3.88. The molecule has 0 unspecified atom stereocenters. The van der Waals surface area contributed by atoms with Crippen LogP contribution in [0.5, 0.6) is 0 Å². The Kier molecular flexibility index (Phi) is 4.30. The molecule has 4 heterocycles. The fraction of sp³-hybridized carbons (Fsp3) is 0.933. The highest BCUT2D eigenvalue weighted by molar-refractivity contribution is 5.91. The van der Waals surface area contributed by atoms with Gasteiger partial charge in [-0.2, -0.15) is 0 Å². The van der Waals surface area contributed by atoms with E-state index in [9.17, 15) is 25.5 Å². The third kappa shape index (κ3) is 2.66. The van der Waals surface area contributed by atoms with E-state index >= 15 is 0 Å². The molecule has 4 rings (SSSR count). The van der Waals surface area contributed by atoms with E-state index in [1.807, 2.05) is 0 Å². The third-order valence-electron chi connectivity index (χ3n) is 5.14. The Bertz CT molecular complexity index is 597. The average Bonchev–Trinajstić information content (AvgIpc) is 3.23. The Balaban J connectivity index is 1.53. The minimum absolute atomic E-state index is 0.112. The van der Waals surface area contributed by atoms with Gasteiger partial charge in [-0.25, -0.2) is 0 Å². The Labute approximate surface area is 148 Å². The molecule has 5 N–H and O–H groups in total. The highest BCUT2D eigenvalue weighted by Gasteiger charge is 2.62. The van der Waals surface area contributed by atoms with Crippen LogP contribution in [0, 0.1) is 0 Å². The van der Waals surface area contributed by atoms with Crippen LogP contribution >= 0.6 is 0 Å². The number of oxime groups is 1. The van der Waals surface area contributed by atoms with Crippen LogP contribution in [0.4, 0.5) is 0 Å². The number of fused-ring (bicyclic) bond motifs is 1. The number of aliphatic hydroxyl groups is 5. The second kappa shape index (κ2) is 6.06. The fourth-order valence-electron chi connectivity index (χ4n) is 3.88. The molecular formula is C15H23NO10. The van der Waals surface area contributed by atoms with Crippen LogP contribution < -0.4 is 0 Å². The van der Waals surface area contributed by atoms with Crippen LogP contribution in [-0.2, 0) is 23.8 Å². The lowest BCUT2D eigenvalue weighted by Crippen LogP contribution is -2.65. The Morgan fingerprint density at radius 1 is 1.04 bits per heavy atom. The molecule has 148 valence electrons. The van der Waals surface area contributed by atoms with Gasteiger partial charge >= 0.3 is 0 Å². The van der Waals surface area contributed by atoms with Gasteiger partial charge in [-0.3, -0.25) is 0 Å². The molecule has 11 nitrogen and oxygen atoms in total. The van der Waals surface area contributed by atoms with Crippen molar-refractivity contribution in [3.63, 3.8) is 0 Å². The summed E-state index contributed by atoms with van der Waals surface area (Å²) in [4.78, 5) is 5.28. The van der Waals surface area contributed by atoms with Crippen molar-refractivity contribution in [2.75, 3.05) is 6.61 Å². The maximum atomic E-state index is 10.3. The summed E-state index contributed by atoms with van der Waals surface area (Å²) >= 11 is 0. The van der Waals surface area contributed by atoms with E-state index in [1.165, 1.54) is 0 Å². The topological polar surface area (TPSA) is 160 Å². The van der Waals surface area contributed by atoms with Crippen LogP contribution in [0.1, 0.15) is 20.3 Å². The molecule has 0 aromatic rings. The largest absolute Gasteiger partial charge is 0.394 e. The number of nitrogens with zero attached hydrogens (tertiary/aromatic N) is 1. The van der Waals surface area contributed by atoms with Gasteiger partial charge in [0.1, 0.15) is 36.6 Å². The second-order valence-electron chi connectivity index (χ2n) is 7.44. The monoisotopic (exact) mass is 377 g/mol. The van der Waals surface area contributed by atoms with Crippen molar-refractivity contribution in [3.05, 3.63) is 0 Å². The van der Waals surface area contributed by atoms with Gasteiger partial charge in [-0.1, -0.05) is 5.16 Å².